The number of aliphatic hydroxyl groups excluding tert-OH is 3. The number of aromatic nitrogens is 10. The van der Waals surface area contributed by atoms with Gasteiger partial charge in [-0.15, -0.1) is 0 Å². The molecular formula is C36H51N13O25P4. The summed E-state index contributed by atoms with van der Waals surface area (Å²) in [4.78, 5) is 114. The predicted molar refractivity (Wildman–Crippen MR) is 251 cm³/mol. The first-order valence-corrected chi connectivity index (χ1v) is 28.6. The summed E-state index contributed by atoms with van der Waals surface area (Å²) in [6.07, 6.45) is -13.4. The van der Waals surface area contributed by atoms with Crippen LogP contribution < -0.4 is 43.1 Å². The minimum Gasteiger partial charge on any atom is -0.756 e. The van der Waals surface area contributed by atoms with E-state index in [0.29, 0.717) is 4.57 Å². The number of phosphoric acid groups is 4. The van der Waals surface area contributed by atoms with Crippen molar-refractivity contribution in [2.45, 2.75) is 87.3 Å². The van der Waals surface area contributed by atoms with Crippen molar-refractivity contribution >= 4 is 71.3 Å². The van der Waals surface area contributed by atoms with Gasteiger partial charge in [-0.05, 0) is 12.8 Å². The Balaban J connectivity index is 0.945. The molecule has 0 aliphatic carbocycles. The normalized spacial score (nSPS) is 29.6. The lowest BCUT2D eigenvalue weighted by Gasteiger charge is -2.31. The van der Waals surface area contributed by atoms with Crippen LogP contribution in [0.3, 0.4) is 0 Å². The number of aromatic amines is 2. The first kappa shape index (κ1) is 59.0. The SMILES string of the molecule is CO[C@@H]1[C@H](OP(=O)([O-])OC[C@H]2O[C@@H](n3ccc(=O)[nH]c3=O)[C@H](O)[C@@H]2O)C(COP(=O)(O)OP(=O)(O)OP(=O)(O)OC[C@H]2O[C@@H](n3c[n+](C)c4c(=O)[nH]c(N)nc43)[C@H](O)[C@@H]2CCCNC(C)=O)O[C@H]1n1cnc2c(N)ncnc21. The number of nitrogens with two attached hydrogens (primary N) is 2. The second kappa shape index (κ2) is 23.2. The van der Waals surface area contributed by atoms with Gasteiger partial charge in [-0.1, -0.05) is 0 Å². The molecule has 5 aromatic heterocycles. The van der Waals surface area contributed by atoms with Crippen LogP contribution in [0.2, 0.25) is 0 Å². The molecule has 430 valence electrons. The van der Waals surface area contributed by atoms with Crippen LogP contribution in [-0.2, 0) is 75.8 Å². The third-order valence-electron chi connectivity index (χ3n) is 12.2. The molecule has 1 amide bonds. The van der Waals surface area contributed by atoms with Crippen LogP contribution in [0.15, 0.2) is 45.6 Å². The van der Waals surface area contributed by atoms with E-state index in [4.69, 9.17) is 48.5 Å². The second-order valence-corrected chi connectivity index (χ2v) is 23.5. The average molecular weight is 1190 g/mol. The summed E-state index contributed by atoms with van der Waals surface area (Å²) in [5.74, 6) is -1.72. The van der Waals surface area contributed by atoms with Crippen LogP contribution in [0, 0.1) is 5.92 Å². The van der Waals surface area contributed by atoms with Gasteiger partial charge in [0, 0.05) is 38.8 Å². The zero-order valence-corrected chi connectivity index (χ0v) is 44.1. The van der Waals surface area contributed by atoms with Gasteiger partial charge < -0.3 is 79.7 Å². The van der Waals surface area contributed by atoms with Crippen molar-refractivity contribution in [3.8, 4) is 0 Å². The van der Waals surface area contributed by atoms with Crippen LogP contribution >= 0.6 is 31.3 Å². The second-order valence-electron chi connectivity index (χ2n) is 17.5. The standard InChI is InChI=1S/C36H51N13O25P4/c1-15(50)39-7-4-5-16-17(69-32(23(16)52)49-14-46(2)22-30(49)44-35(38)45-31(22)55)9-67-76(59,60)73-78(63,64)74-77(61,62)68-11-19-26(27(65-3)34(71-19)48-13-42-21-28(37)40-12-41-29(21)48)72-75(57,58)66-10-18-24(53)25(54)33(70-18)47-8-6-20(51)43-36(47)56/h6,8,12-14,16-19,23-27,32-34,52-54H,4-5,7,9-11H2,1-3H3,(H10-,37,38,39,40,41,43,44,45,50,51,55,56,57,58,59,60,61,62,63,64)/t16-,17-,18-,19?,23-,24-,25-,26-,27-,32-,33-,34-/m1/s1. The fourth-order valence-electron chi connectivity index (χ4n) is 8.83. The molecule has 13 N–H and O–H groups in total. The van der Waals surface area contributed by atoms with E-state index in [0.717, 1.165) is 32.0 Å². The van der Waals surface area contributed by atoms with Crippen LogP contribution in [-0.4, -0.2) is 162 Å². The van der Waals surface area contributed by atoms with Gasteiger partial charge in [-0.25, -0.2) is 38.0 Å². The Labute approximate surface area is 435 Å². The summed E-state index contributed by atoms with van der Waals surface area (Å²) in [5.41, 5.74) is 9.22. The highest BCUT2D eigenvalue weighted by atomic mass is 31.3. The number of fused-ring (bicyclic) bond motifs is 2. The van der Waals surface area contributed by atoms with Crippen molar-refractivity contribution in [3.63, 3.8) is 0 Å². The topological polar surface area (TPSA) is 539 Å². The van der Waals surface area contributed by atoms with Crippen molar-refractivity contribution in [1.29, 1.82) is 0 Å². The zero-order chi connectivity index (χ0) is 56.8. The van der Waals surface area contributed by atoms with Gasteiger partial charge in [0.25, 0.3) is 24.5 Å². The Morgan fingerprint density at radius 3 is 2.13 bits per heavy atom. The van der Waals surface area contributed by atoms with Crippen LogP contribution in [0.4, 0.5) is 11.8 Å². The molecule has 16 atom stereocenters. The van der Waals surface area contributed by atoms with Crippen LogP contribution in [0.5, 0.6) is 0 Å². The highest BCUT2D eigenvalue weighted by molar-refractivity contribution is 7.66. The Kier molecular flexibility index (Phi) is 17.5. The number of H-pyrrole nitrogens is 2. The number of nitrogens with zero attached hydrogens (tertiary/aromatic N) is 8. The summed E-state index contributed by atoms with van der Waals surface area (Å²) < 4.78 is 109. The van der Waals surface area contributed by atoms with Gasteiger partial charge >= 0.3 is 34.7 Å². The van der Waals surface area contributed by atoms with E-state index in [-0.39, 0.29) is 59.4 Å². The van der Waals surface area contributed by atoms with Gasteiger partial charge in [0.05, 0.1) is 39.3 Å². The lowest BCUT2D eigenvalue weighted by molar-refractivity contribution is -0.646. The Bertz CT molecular complexity index is 3410. The smallest absolute Gasteiger partial charge is 0.490 e. The highest BCUT2D eigenvalue weighted by Crippen LogP contribution is 2.68. The third kappa shape index (κ3) is 13.1. The van der Waals surface area contributed by atoms with Gasteiger partial charge in [0.2, 0.25) is 24.4 Å². The number of amides is 1. The minimum atomic E-state index is -6.22. The molecule has 3 saturated heterocycles. The van der Waals surface area contributed by atoms with Crippen molar-refractivity contribution in [2.24, 2.45) is 13.0 Å². The lowest BCUT2D eigenvalue weighted by atomic mass is 9.93. The molecule has 8 rings (SSSR count). The largest absolute Gasteiger partial charge is 0.756 e. The number of hydrogen-bond acceptors (Lipinski definition) is 28. The summed E-state index contributed by atoms with van der Waals surface area (Å²) in [6, 6.07) is 0.913. The highest BCUT2D eigenvalue weighted by Gasteiger charge is 2.53. The molecular weight excluding hydrogens is 1140 g/mol. The number of nitrogen functional groups attached to an aromatic ring is 2. The van der Waals surface area contributed by atoms with Crippen LogP contribution in [0.25, 0.3) is 22.3 Å². The maximum Gasteiger partial charge on any atom is 0.490 e. The third-order valence-corrected chi connectivity index (χ3v) is 17.4. The fourth-order valence-corrected chi connectivity index (χ4v) is 13.3. The molecule has 0 radical (unpaired) electrons. The Hall–Kier alpha value is -5.11. The molecule has 3 aliphatic heterocycles. The van der Waals surface area contributed by atoms with Crippen molar-refractivity contribution < 1.29 is 108 Å². The molecule has 38 nitrogen and oxygen atoms in total. The lowest BCUT2D eigenvalue weighted by Crippen LogP contribution is -2.39. The van der Waals surface area contributed by atoms with Gasteiger partial charge in [0.15, 0.2) is 23.9 Å². The molecule has 3 fully saturated rings. The molecule has 5 unspecified atom stereocenters. The number of methoxy groups -OCH3 is 1. The maximum absolute atomic E-state index is 13.5. The first-order chi connectivity index (χ1) is 36.6. The minimum absolute atomic E-state index is 0.0129. The predicted octanol–water partition coefficient (Wildman–Crippen LogP) is -4.34. The quantitative estimate of drug-likeness (QED) is 0.0167. The number of aliphatic hydroxyl groups is 3. The Morgan fingerprint density at radius 1 is 0.821 bits per heavy atom. The van der Waals surface area contributed by atoms with E-state index >= 15 is 0 Å². The van der Waals surface area contributed by atoms with Crippen molar-refractivity contribution in [1.82, 2.24) is 48.9 Å². The van der Waals surface area contributed by atoms with Crippen LogP contribution in [0.1, 0.15) is 38.4 Å². The molecule has 5 aromatic rings. The average Bonchev–Trinajstić information content (AvgIpc) is 4.23. The molecule has 8 heterocycles. The molecule has 0 bridgehead atoms. The number of aryl methyl sites for hydroxylation is 1. The number of anilines is 2. The van der Waals surface area contributed by atoms with E-state index in [9.17, 15) is 72.3 Å². The molecule has 0 saturated carbocycles. The number of imidazole rings is 2. The number of rotatable bonds is 23. The van der Waals surface area contributed by atoms with E-state index in [1.807, 2.05) is 4.98 Å². The number of phosphoric ester groups is 3. The van der Waals surface area contributed by atoms with Crippen molar-refractivity contribution in [3.05, 3.63) is 62.4 Å². The number of ether oxygens (including phenoxy) is 4. The molecule has 42 heteroatoms. The van der Waals surface area contributed by atoms with E-state index in [1.54, 1.807) is 0 Å². The van der Waals surface area contributed by atoms with E-state index in [1.165, 1.54) is 34.0 Å². The van der Waals surface area contributed by atoms with E-state index < -0.39 is 141 Å². The monoisotopic (exact) mass is 1190 g/mol. The maximum atomic E-state index is 13.5. The van der Waals surface area contributed by atoms with Gasteiger partial charge in [-0.2, -0.15) is 18.2 Å². The van der Waals surface area contributed by atoms with Gasteiger partial charge in [-0.3, -0.25) is 47.1 Å². The Morgan fingerprint density at radius 2 is 1.46 bits per heavy atom. The zero-order valence-electron chi connectivity index (χ0n) is 40.5. The molecule has 3 aliphatic rings. The summed E-state index contributed by atoms with van der Waals surface area (Å²) in [6.45, 7) is -1.95. The number of nitrogens with one attached hydrogen (secondary N) is 3. The molecule has 0 aromatic carbocycles. The molecule has 78 heavy (non-hydrogen) atoms. The number of carbonyl (C=O) groups is 1. The van der Waals surface area contributed by atoms with Gasteiger partial charge in [0.1, 0.15) is 54.6 Å². The number of hydrogen-bond donors (Lipinski definition) is 11. The number of carbonyl (C=O) groups excluding carboxylic acids is 1. The summed E-state index contributed by atoms with van der Waals surface area (Å²) in [7, 11) is -21.2. The summed E-state index contributed by atoms with van der Waals surface area (Å²) in [5, 5.41) is 35.4. The first-order valence-electron chi connectivity index (χ1n) is 22.7. The fraction of sp³-hybridized carbons (Fsp3) is 0.583. The van der Waals surface area contributed by atoms with Crippen molar-refractivity contribution in [2.75, 3.05) is 44.9 Å². The molecule has 0 spiro atoms. The van der Waals surface area contributed by atoms with E-state index in [2.05, 4.69) is 38.9 Å². The summed E-state index contributed by atoms with van der Waals surface area (Å²) >= 11 is 0.